The molecule has 1 aromatic carbocycles. The van der Waals surface area contributed by atoms with E-state index in [1.807, 2.05) is 12.1 Å². The van der Waals surface area contributed by atoms with Crippen LogP contribution in [0.25, 0.3) is 11.5 Å². The van der Waals surface area contributed by atoms with Gasteiger partial charge in [0.1, 0.15) is 0 Å². The van der Waals surface area contributed by atoms with Gasteiger partial charge in [-0.1, -0.05) is 28.9 Å². The Hall–Kier alpha value is -2.02. The molecule has 1 aliphatic rings. The molecular formula is C20H23N3O2S. The van der Waals surface area contributed by atoms with E-state index in [4.69, 9.17) is 9.26 Å². The Morgan fingerprint density at radius 3 is 2.96 bits per heavy atom. The predicted octanol–water partition coefficient (Wildman–Crippen LogP) is 4.29. The second-order valence-electron chi connectivity index (χ2n) is 6.77. The number of thiophene rings is 1. The first-order valence-electron chi connectivity index (χ1n) is 9.02. The van der Waals surface area contributed by atoms with Crippen LogP contribution in [0.3, 0.4) is 0 Å². The smallest absolute Gasteiger partial charge is 0.257 e. The summed E-state index contributed by atoms with van der Waals surface area (Å²) in [5.41, 5.74) is 2.15. The van der Waals surface area contributed by atoms with Crippen molar-refractivity contribution in [2.75, 3.05) is 13.2 Å². The Labute approximate surface area is 157 Å². The maximum absolute atomic E-state index is 5.83. The van der Waals surface area contributed by atoms with Crippen LogP contribution >= 0.6 is 11.3 Å². The molecule has 5 nitrogen and oxygen atoms in total. The average molecular weight is 369 g/mol. The number of rotatable bonds is 7. The van der Waals surface area contributed by atoms with Gasteiger partial charge < -0.3 is 9.26 Å². The van der Waals surface area contributed by atoms with Gasteiger partial charge in [-0.15, -0.1) is 11.3 Å². The van der Waals surface area contributed by atoms with Crippen molar-refractivity contribution in [3.05, 3.63) is 58.0 Å². The molecule has 3 heterocycles. The number of hydrogen-bond acceptors (Lipinski definition) is 6. The van der Waals surface area contributed by atoms with Crippen LogP contribution in [0.15, 0.2) is 46.3 Å². The highest BCUT2D eigenvalue weighted by atomic mass is 32.1. The highest BCUT2D eigenvalue weighted by Crippen LogP contribution is 2.21. The molecule has 1 aliphatic heterocycles. The Morgan fingerprint density at radius 1 is 1.23 bits per heavy atom. The maximum atomic E-state index is 5.83. The summed E-state index contributed by atoms with van der Waals surface area (Å²) in [6.07, 6.45) is 2.58. The van der Waals surface area contributed by atoms with Gasteiger partial charge in [-0.25, -0.2) is 0 Å². The number of hydrogen-bond donors (Lipinski definition) is 0. The Bertz CT molecular complexity index is 825. The van der Waals surface area contributed by atoms with E-state index in [9.17, 15) is 0 Å². The van der Waals surface area contributed by atoms with Crippen molar-refractivity contribution >= 4 is 11.3 Å². The van der Waals surface area contributed by atoms with E-state index >= 15 is 0 Å². The molecule has 0 unspecified atom stereocenters. The normalized spacial score (nSPS) is 17.2. The van der Waals surface area contributed by atoms with Crippen molar-refractivity contribution in [2.24, 2.45) is 0 Å². The maximum Gasteiger partial charge on any atom is 0.257 e. The summed E-state index contributed by atoms with van der Waals surface area (Å²) in [5, 5.41) is 6.32. The first kappa shape index (κ1) is 17.4. The molecule has 4 rings (SSSR count). The molecule has 0 saturated carbocycles. The number of nitrogens with zero attached hydrogens (tertiary/aromatic N) is 3. The lowest BCUT2D eigenvalue weighted by atomic mass is 10.1. The van der Waals surface area contributed by atoms with Crippen molar-refractivity contribution in [1.29, 1.82) is 0 Å². The van der Waals surface area contributed by atoms with Crippen LogP contribution in [0.5, 0.6) is 0 Å². The van der Waals surface area contributed by atoms with Gasteiger partial charge in [0.2, 0.25) is 0 Å². The van der Waals surface area contributed by atoms with Gasteiger partial charge in [0.05, 0.1) is 12.6 Å². The van der Waals surface area contributed by atoms with Gasteiger partial charge in [-0.3, -0.25) is 4.90 Å². The fraction of sp³-hybridized carbons (Fsp3) is 0.400. The molecule has 0 spiro atoms. The lowest BCUT2D eigenvalue weighted by Gasteiger charge is -2.23. The molecule has 26 heavy (non-hydrogen) atoms. The second kappa shape index (κ2) is 8.12. The Kier molecular flexibility index (Phi) is 5.43. The topological polar surface area (TPSA) is 51.4 Å². The monoisotopic (exact) mass is 369 g/mol. The fourth-order valence-corrected chi connectivity index (χ4v) is 4.04. The molecule has 0 radical (unpaired) electrons. The van der Waals surface area contributed by atoms with Crippen LogP contribution in [-0.2, 0) is 17.8 Å². The van der Waals surface area contributed by atoms with E-state index in [2.05, 4.69) is 51.6 Å². The Morgan fingerprint density at radius 2 is 2.19 bits per heavy atom. The summed E-state index contributed by atoms with van der Waals surface area (Å²) < 4.78 is 11.3. The van der Waals surface area contributed by atoms with E-state index in [1.54, 1.807) is 11.3 Å². The zero-order valence-corrected chi connectivity index (χ0v) is 15.7. The largest absolute Gasteiger partial charge is 0.377 e. The van der Waals surface area contributed by atoms with Crippen LogP contribution in [0.2, 0.25) is 0 Å². The zero-order valence-electron chi connectivity index (χ0n) is 14.9. The molecule has 6 heteroatoms. The molecule has 1 saturated heterocycles. The van der Waals surface area contributed by atoms with Crippen LogP contribution in [0.1, 0.15) is 29.1 Å². The lowest BCUT2D eigenvalue weighted by molar-refractivity contribution is 0.0671. The minimum Gasteiger partial charge on any atom is -0.377 e. The van der Waals surface area contributed by atoms with Crippen molar-refractivity contribution in [2.45, 2.75) is 39.0 Å². The fourth-order valence-electron chi connectivity index (χ4n) is 3.30. The van der Waals surface area contributed by atoms with Gasteiger partial charge in [-0.05, 0) is 43.3 Å². The molecule has 0 N–H and O–H groups in total. The van der Waals surface area contributed by atoms with Crippen LogP contribution in [0, 0.1) is 6.92 Å². The number of aromatic nitrogens is 2. The molecule has 1 fully saturated rings. The highest BCUT2D eigenvalue weighted by Gasteiger charge is 2.21. The molecule has 136 valence electrons. The molecular weight excluding hydrogens is 346 g/mol. The summed E-state index contributed by atoms with van der Waals surface area (Å²) in [6, 6.07) is 12.4. The van der Waals surface area contributed by atoms with Crippen molar-refractivity contribution < 1.29 is 9.26 Å². The summed E-state index contributed by atoms with van der Waals surface area (Å²) in [4.78, 5) is 8.30. The average Bonchev–Trinajstić information content (AvgIpc) is 3.37. The standard InChI is InChI=1S/C20H23N3O2S/c1-15-5-2-6-16(11-15)20-21-19(22-25-20)14-23(12-17-7-3-9-24-17)13-18-8-4-10-26-18/h2,4-6,8,10-11,17H,3,7,9,12-14H2,1H3/t17-/m0/s1. The number of benzene rings is 1. The quantitative estimate of drug-likeness (QED) is 0.622. The van der Waals surface area contributed by atoms with Crippen LogP contribution < -0.4 is 0 Å². The number of aryl methyl sites for hydroxylation is 1. The summed E-state index contributed by atoms with van der Waals surface area (Å²) in [7, 11) is 0. The first-order chi connectivity index (χ1) is 12.8. The zero-order chi connectivity index (χ0) is 17.8. The lowest BCUT2D eigenvalue weighted by Crippen LogP contribution is -2.31. The van der Waals surface area contributed by atoms with E-state index in [0.717, 1.165) is 43.9 Å². The van der Waals surface area contributed by atoms with Gasteiger partial charge >= 0.3 is 0 Å². The second-order valence-corrected chi connectivity index (χ2v) is 7.80. The molecule has 0 bridgehead atoms. The van der Waals surface area contributed by atoms with Crippen molar-refractivity contribution in [3.63, 3.8) is 0 Å². The van der Waals surface area contributed by atoms with Gasteiger partial charge in [0.15, 0.2) is 5.82 Å². The van der Waals surface area contributed by atoms with Crippen LogP contribution in [0.4, 0.5) is 0 Å². The van der Waals surface area contributed by atoms with Crippen molar-refractivity contribution in [1.82, 2.24) is 15.0 Å². The minimum atomic E-state index is 0.304. The molecule has 2 aromatic heterocycles. The summed E-state index contributed by atoms with van der Waals surface area (Å²) in [5.74, 6) is 1.30. The van der Waals surface area contributed by atoms with E-state index in [0.29, 0.717) is 18.5 Å². The van der Waals surface area contributed by atoms with Gasteiger partial charge in [0, 0.05) is 30.1 Å². The highest BCUT2D eigenvalue weighted by molar-refractivity contribution is 7.09. The molecule has 1 atom stereocenters. The van der Waals surface area contributed by atoms with E-state index in [1.165, 1.54) is 10.4 Å². The van der Waals surface area contributed by atoms with Gasteiger partial charge in [0.25, 0.3) is 5.89 Å². The summed E-state index contributed by atoms with van der Waals surface area (Å²) >= 11 is 1.78. The third-order valence-electron chi connectivity index (χ3n) is 4.54. The van der Waals surface area contributed by atoms with Gasteiger partial charge in [-0.2, -0.15) is 4.98 Å². The predicted molar refractivity (Wildman–Crippen MR) is 102 cm³/mol. The van der Waals surface area contributed by atoms with E-state index in [-0.39, 0.29) is 0 Å². The number of ether oxygens (including phenoxy) is 1. The molecule has 0 aliphatic carbocycles. The molecule has 3 aromatic rings. The SMILES string of the molecule is Cc1cccc(-c2nc(CN(Cc3cccs3)C[C@@H]3CCCO3)no2)c1. The summed E-state index contributed by atoms with van der Waals surface area (Å²) in [6.45, 7) is 5.37. The first-order valence-corrected chi connectivity index (χ1v) is 9.90. The third-order valence-corrected chi connectivity index (χ3v) is 5.40. The minimum absolute atomic E-state index is 0.304. The van der Waals surface area contributed by atoms with Crippen LogP contribution in [-0.4, -0.2) is 34.3 Å². The van der Waals surface area contributed by atoms with Crippen molar-refractivity contribution in [3.8, 4) is 11.5 Å². The van der Waals surface area contributed by atoms with E-state index < -0.39 is 0 Å². The molecule has 0 amide bonds. The Balaban J connectivity index is 1.47. The third kappa shape index (κ3) is 4.38.